The van der Waals surface area contributed by atoms with Crippen LogP contribution in [0, 0.1) is 0 Å². The number of nitrogens with zero attached hydrogens (tertiary/aromatic N) is 5. The Morgan fingerprint density at radius 3 is 2.33 bits per heavy atom. The number of anilines is 1. The molecule has 2 heterocycles. The topological polar surface area (TPSA) is 86.7 Å². The van der Waals surface area contributed by atoms with E-state index in [1.807, 2.05) is 4.90 Å². The highest BCUT2D eigenvalue weighted by molar-refractivity contribution is 9.10. The molecule has 1 aromatic carbocycles. The van der Waals surface area contributed by atoms with E-state index in [2.05, 4.69) is 25.9 Å². The van der Waals surface area contributed by atoms with E-state index < -0.39 is 10.0 Å². The fourth-order valence-corrected chi connectivity index (χ4v) is 4.62. The first-order valence-corrected chi connectivity index (χ1v) is 10.6. The summed E-state index contributed by atoms with van der Waals surface area (Å²) >= 11 is 3.26. The van der Waals surface area contributed by atoms with Gasteiger partial charge in [-0.15, -0.1) is 0 Å². The number of sulfonamides is 1. The van der Waals surface area contributed by atoms with Crippen LogP contribution in [0.25, 0.3) is 0 Å². The molecule has 27 heavy (non-hydrogen) atoms. The molecule has 1 aliphatic rings. The normalized spacial score (nSPS) is 15.3. The zero-order chi connectivity index (χ0) is 19.6. The van der Waals surface area contributed by atoms with Crippen LogP contribution in [0.5, 0.6) is 0 Å². The minimum Gasteiger partial charge on any atom is -0.337 e. The Morgan fingerprint density at radius 1 is 1.11 bits per heavy atom. The predicted octanol–water partition coefficient (Wildman–Crippen LogP) is 1.45. The first-order valence-electron chi connectivity index (χ1n) is 8.34. The van der Waals surface area contributed by atoms with Crippen LogP contribution in [-0.2, 0) is 10.0 Å². The number of hydrogen-bond donors (Lipinski definition) is 0. The minimum absolute atomic E-state index is 0.0784. The van der Waals surface area contributed by atoms with E-state index in [1.54, 1.807) is 35.5 Å². The summed E-state index contributed by atoms with van der Waals surface area (Å²) in [7, 11) is -0.729. The van der Waals surface area contributed by atoms with Crippen LogP contribution in [0.4, 0.5) is 5.95 Å². The van der Waals surface area contributed by atoms with Gasteiger partial charge in [-0.05, 0) is 40.2 Å². The quantitative estimate of drug-likeness (QED) is 0.695. The van der Waals surface area contributed by atoms with Gasteiger partial charge in [0.1, 0.15) is 0 Å². The molecule has 0 unspecified atom stereocenters. The molecular weight excluding hydrogens is 434 g/mol. The maximum Gasteiger partial charge on any atom is 0.254 e. The molecule has 0 radical (unpaired) electrons. The van der Waals surface area contributed by atoms with Crippen molar-refractivity contribution < 1.29 is 13.2 Å². The summed E-state index contributed by atoms with van der Waals surface area (Å²) in [5, 5.41) is 0. The van der Waals surface area contributed by atoms with Gasteiger partial charge >= 0.3 is 0 Å². The number of aromatic nitrogens is 2. The SMILES string of the molecule is CN(C)S(=O)(=O)c1cc(C(=O)N2CCN(c3ncccn3)CC2)ccc1Br. The molecule has 0 atom stereocenters. The molecule has 3 rings (SSSR count). The van der Waals surface area contributed by atoms with E-state index in [-0.39, 0.29) is 10.8 Å². The smallest absolute Gasteiger partial charge is 0.254 e. The highest BCUT2D eigenvalue weighted by Gasteiger charge is 2.26. The molecule has 1 fully saturated rings. The highest BCUT2D eigenvalue weighted by Crippen LogP contribution is 2.26. The summed E-state index contributed by atoms with van der Waals surface area (Å²) in [5.74, 6) is 0.457. The lowest BCUT2D eigenvalue weighted by molar-refractivity contribution is 0.0746. The third-order valence-corrected chi connectivity index (χ3v) is 7.15. The van der Waals surface area contributed by atoms with Crippen LogP contribution in [0.1, 0.15) is 10.4 Å². The Labute approximate surface area is 167 Å². The van der Waals surface area contributed by atoms with E-state index in [0.717, 1.165) is 4.31 Å². The first-order chi connectivity index (χ1) is 12.8. The summed E-state index contributed by atoms with van der Waals surface area (Å²) < 4.78 is 26.5. The summed E-state index contributed by atoms with van der Waals surface area (Å²) in [6, 6.07) is 6.41. The average Bonchev–Trinajstić information content (AvgIpc) is 2.68. The van der Waals surface area contributed by atoms with Gasteiger partial charge in [0, 0.05) is 62.7 Å². The zero-order valence-electron chi connectivity index (χ0n) is 15.0. The van der Waals surface area contributed by atoms with Gasteiger partial charge in [-0.2, -0.15) is 0 Å². The Kier molecular flexibility index (Phi) is 5.78. The molecule has 0 N–H and O–H groups in total. The molecule has 0 saturated carbocycles. The lowest BCUT2D eigenvalue weighted by Crippen LogP contribution is -2.49. The predicted molar refractivity (Wildman–Crippen MR) is 105 cm³/mol. The molecule has 10 heteroatoms. The Balaban J connectivity index is 1.76. The molecule has 1 aliphatic heterocycles. The second kappa shape index (κ2) is 7.91. The molecule has 0 bridgehead atoms. The maximum atomic E-state index is 12.9. The third-order valence-electron chi connectivity index (χ3n) is 4.34. The van der Waals surface area contributed by atoms with Gasteiger partial charge < -0.3 is 9.80 Å². The van der Waals surface area contributed by atoms with Crippen LogP contribution in [0.2, 0.25) is 0 Å². The van der Waals surface area contributed by atoms with Gasteiger partial charge in [0.05, 0.1) is 4.90 Å². The Morgan fingerprint density at radius 2 is 1.74 bits per heavy atom. The van der Waals surface area contributed by atoms with Gasteiger partial charge in [0.2, 0.25) is 16.0 Å². The van der Waals surface area contributed by atoms with Crippen molar-refractivity contribution in [3.63, 3.8) is 0 Å². The summed E-state index contributed by atoms with van der Waals surface area (Å²) in [6.07, 6.45) is 3.38. The second-order valence-corrected chi connectivity index (χ2v) is 9.24. The van der Waals surface area contributed by atoms with Crippen molar-refractivity contribution in [2.45, 2.75) is 4.90 Å². The monoisotopic (exact) mass is 453 g/mol. The summed E-state index contributed by atoms with van der Waals surface area (Å²) in [4.78, 5) is 25.1. The van der Waals surface area contributed by atoms with Gasteiger partial charge in [-0.3, -0.25) is 4.79 Å². The summed E-state index contributed by atoms with van der Waals surface area (Å²) in [5.41, 5.74) is 0.350. The first kappa shape index (κ1) is 19.7. The fraction of sp³-hybridized carbons (Fsp3) is 0.353. The largest absolute Gasteiger partial charge is 0.337 e. The molecule has 2 aromatic rings. The van der Waals surface area contributed by atoms with Crippen molar-refractivity contribution in [3.8, 4) is 0 Å². The number of hydrogen-bond acceptors (Lipinski definition) is 6. The van der Waals surface area contributed by atoms with Crippen LogP contribution in [0.15, 0.2) is 46.0 Å². The average molecular weight is 454 g/mol. The number of benzene rings is 1. The van der Waals surface area contributed by atoms with Crippen LogP contribution in [0.3, 0.4) is 0 Å². The lowest BCUT2D eigenvalue weighted by atomic mass is 10.2. The van der Waals surface area contributed by atoms with E-state index in [1.165, 1.54) is 20.2 Å². The van der Waals surface area contributed by atoms with Gasteiger partial charge in [0.15, 0.2) is 0 Å². The number of piperazine rings is 1. The number of rotatable bonds is 4. The Hall–Kier alpha value is -2.04. The minimum atomic E-state index is -3.65. The molecule has 1 aromatic heterocycles. The molecule has 144 valence electrons. The molecular formula is C17H20BrN5O3S. The highest BCUT2D eigenvalue weighted by atomic mass is 79.9. The van der Waals surface area contributed by atoms with Gasteiger partial charge in [-0.1, -0.05) is 0 Å². The van der Waals surface area contributed by atoms with E-state index in [4.69, 9.17) is 0 Å². The number of amides is 1. The molecule has 8 nitrogen and oxygen atoms in total. The molecule has 0 spiro atoms. The third kappa shape index (κ3) is 4.12. The van der Waals surface area contributed by atoms with E-state index in [0.29, 0.717) is 42.2 Å². The zero-order valence-corrected chi connectivity index (χ0v) is 17.4. The lowest BCUT2D eigenvalue weighted by Gasteiger charge is -2.34. The van der Waals surface area contributed by atoms with Crippen molar-refractivity contribution in [1.29, 1.82) is 0 Å². The van der Waals surface area contributed by atoms with Crippen molar-refractivity contribution in [3.05, 3.63) is 46.7 Å². The Bertz CT molecular complexity index is 929. The summed E-state index contributed by atoms with van der Waals surface area (Å²) in [6.45, 7) is 2.27. The van der Waals surface area contributed by atoms with Crippen molar-refractivity contribution >= 4 is 37.8 Å². The maximum absolute atomic E-state index is 12.9. The molecule has 1 saturated heterocycles. The van der Waals surface area contributed by atoms with Gasteiger partial charge in [0.25, 0.3) is 5.91 Å². The van der Waals surface area contributed by atoms with Crippen LogP contribution < -0.4 is 4.90 Å². The second-order valence-electron chi connectivity index (χ2n) is 6.26. The van der Waals surface area contributed by atoms with Crippen molar-refractivity contribution in [1.82, 2.24) is 19.2 Å². The number of halogens is 1. The fourth-order valence-electron chi connectivity index (χ4n) is 2.78. The van der Waals surface area contributed by atoms with Crippen LogP contribution >= 0.6 is 15.9 Å². The van der Waals surface area contributed by atoms with Gasteiger partial charge in [-0.25, -0.2) is 22.7 Å². The number of carbonyl (C=O) groups is 1. The number of carbonyl (C=O) groups excluding carboxylic acids is 1. The van der Waals surface area contributed by atoms with Crippen molar-refractivity contribution in [2.75, 3.05) is 45.2 Å². The van der Waals surface area contributed by atoms with Crippen LogP contribution in [-0.4, -0.2) is 73.8 Å². The van der Waals surface area contributed by atoms with E-state index in [9.17, 15) is 13.2 Å². The molecule has 1 amide bonds. The van der Waals surface area contributed by atoms with E-state index >= 15 is 0 Å². The molecule has 0 aliphatic carbocycles. The standard InChI is InChI=1S/C17H20BrN5O3S/c1-21(2)27(25,26)15-12-13(4-5-14(15)18)16(24)22-8-10-23(11-9-22)17-19-6-3-7-20-17/h3-7,12H,8-11H2,1-2H3. The van der Waals surface area contributed by atoms with Crippen molar-refractivity contribution in [2.24, 2.45) is 0 Å².